The van der Waals surface area contributed by atoms with Gasteiger partial charge in [0.1, 0.15) is 5.75 Å². The van der Waals surface area contributed by atoms with Gasteiger partial charge in [-0.1, -0.05) is 19.1 Å². The van der Waals surface area contributed by atoms with Crippen LogP contribution in [0.5, 0.6) is 5.75 Å². The fourth-order valence-electron chi connectivity index (χ4n) is 2.55. The maximum Gasteiger partial charge on any atom is 0.191 e. The molecule has 3 N–H and O–H groups in total. The largest absolute Gasteiger partial charge is 0.491 e. The van der Waals surface area contributed by atoms with Crippen molar-refractivity contribution < 1.29 is 9.84 Å². The zero-order chi connectivity index (χ0) is 20.2. The lowest BCUT2D eigenvalue weighted by Crippen LogP contribution is -2.42. The van der Waals surface area contributed by atoms with Gasteiger partial charge in [0.2, 0.25) is 0 Å². The van der Waals surface area contributed by atoms with Gasteiger partial charge >= 0.3 is 0 Å². The van der Waals surface area contributed by atoms with Crippen LogP contribution in [0.1, 0.15) is 52.7 Å². The average Bonchev–Trinajstić information content (AvgIpc) is 2.65. The first-order chi connectivity index (χ1) is 12.9. The second kappa shape index (κ2) is 14.9. The zero-order valence-electron chi connectivity index (χ0n) is 18.2. The number of likely N-dealkylation sites (N-methyl/N-ethyl adjacent to an activating group) is 1. The highest BCUT2D eigenvalue weighted by Crippen LogP contribution is 2.19. The molecule has 0 heterocycles. The Morgan fingerprint density at radius 3 is 2.32 bits per heavy atom. The van der Waals surface area contributed by atoms with Gasteiger partial charge in [-0.05, 0) is 58.9 Å². The molecule has 0 aliphatic rings. The topological polar surface area (TPSA) is 69.1 Å². The van der Waals surface area contributed by atoms with E-state index in [1.165, 1.54) is 0 Å². The zero-order valence-corrected chi connectivity index (χ0v) is 20.6. The van der Waals surface area contributed by atoms with Crippen LogP contribution in [0.3, 0.4) is 0 Å². The van der Waals surface area contributed by atoms with Crippen LogP contribution in [0.4, 0.5) is 0 Å². The van der Waals surface area contributed by atoms with Gasteiger partial charge in [-0.3, -0.25) is 4.99 Å². The Morgan fingerprint density at radius 1 is 1.14 bits per heavy atom. The number of benzene rings is 1. The number of hydrogen-bond acceptors (Lipinski definition) is 4. The van der Waals surface area contributed by atoms with Crippen LogP contribution in [0.2, 0.25) is 0 Å². The molecule has 0 fully saturated rings. The molecule has 1 aromatic carbocycles. The number of halogens is 1. The molecule has 0 saturated heterocycles. The Kier molecular flexibility index (Phi) is 14.3. The number of guanidine groups is 1. The first-order valence-electron chi connectivity index (χ1n) is 10.0. The number of rotatable bonds is 11. The molecule has 0 bridgehead atoms. The van der Waals surface area contributed by atoms with Crippen molar-refractivity contribution in [2.24, 2.45) is 4.99 Å². The first-order valence-corrected chi connectivity index (χ1v) is 10.0. The van der Waals surface area contributed by atoms with E-state index in [4.69, 9.17) is 4.74 Å². The number of hydrogen-bond donors (Lipinski definition) is 3. The van der Waals surface area contributed by atoms with E-state index in [0.29, 0.717) is 12.6 Å². The highest BCUT2D eigenvalue weighted by atomic mass is 127. The summed E-state index contributed by atoms with van der Waals surface area (Å²) in [6.07, 6.45) is 0.632. The van der Waals surface area contributed by atoms with Crippen LogP contribution in [0.25, 0.3) is 0 Å². The fourth-order valence-corrected chi connectivity index (χ4v) is 2.55. The minimum Gasteiger partial charge on any atom is -0.491 e. The molecule has 7 heteroatoms. The Morgan fingerprint density at radius 2 is 1.79 bits per heavy atom. The molecule has 162 valence electrons. The number of aliphatic hydroxyl groups excluding tert-OH is 1. The quantitative estimate of drug-likeness (QED) is 0.244. The number of ether oxygens (including phenoxy) is 1. The van der Waals surface area contributed by atoms with Crippen molar-refractivity contribution in [1.29, 1.82) is 0 Å². The summed E-state index contributed by atoms with van der Waals surface area (Å²) in [6, 6.07) is 8.11. The normalized spacial score (nSPS) is 13.8. The maximum atomic E-state index is 10.4. The smallest absolute Gasteiger partial charge is 0.191 e. The summed E-state index contributed by atoms with van der Waals surface area (Å²) in [7, 11) is 2.14. The van der Waals surface area contributed by atoms with E-state index in [-0.39, 0.29) is 30.1 Å². The van der Waals surface area contributed by atoms with Crippen LogP contribution in [0.15, 0.2) is 29.3 Å². The van der Waals surface area contributed by atoms with Gasteiger partial charge in [0.15, 0.2) is 5.96 Å². The Labute approximate surface area is 188 Å². The van der Waals surface area contributed by atoms with Crippen LogP contribution in [0, 0.1) is 0 Å². The molecule has 6 nitrogen and oxygen atoms in total. The van der Waals surface area contributed by atoms with E-state index < -0.39 is 6.10 Å². The third kappa shape index (κ3) is 10.5. The van der Waals surface area contributed by atoms with Crippen molar-refractivity contribution in [3.8, 4) is 5.75 Å². The number of aliphatic imine (C=N–C) groups is 1. The molecular formula is C21H39IN4O2. The molecule has 28 heavy (non-hydrogen) atoms. The Hall–Kier alpha value is -1.06. The average molecular weight is 506 g/mol. The molecule has 1 rings (SSSR count). The van der Waals surface area contributed by atoms with Crippen molar-refractivity contribution in [2.75, 3.05) is 33.2 Å². The van der Waals surface area contributed by atoms with Gasteiger partial charge in [0.05, 0.1) is 18.8 Å². The molecule has 0 aromatic heterocycles. The minimum atomic E-state index is -0.642. The van der Waals surface area contributed by atoms with Crippen LogP contribution < -0.4 is 15.4 Å². The third-order valence-electron chi connectivity index (χ3n) is 4.50. The van der Waals surface area contributed by atoms with Crippen molar-refractivity contribution in [1.82, 2.24) is 15.5 Å². The summed E-state index contributed by atoms with van der Waals surface area (Å²) >= 11 is 0. The molecule has 2 atom stereocenters. The van der Waals surface area contributed by atoms with Gasteiger partial charge in [-0.2, -0.15) is 0 Å². The van der Waals surface area contributed by atoms with Gasteiger partial charge in [-0.25, -0.2) is 0 Å². The summed E-state index contributed by atoms with van der Waals surface area (Å²) in [5.41, 5.74) is 0.835. The van der Waals surface area contributed by atoms with Crippen molar-refractivity contribution in [3.05, 3.63) is 29.8 Å². The predicted octanol–water partition coefficient (Wildman–Crippen LogP) is 3.41. The van der Waals surface area contributed by atoms with Crippen molar-refractivity contribution in [2.45, 2.75) is 59.3 Å². The molecule has 1 aromatic rings. The lowest BCUT2D eigenvalue weighted by molar-refractivity contribution is 0.186. The van der Waals surface area contributed by atoms with E-state index in [0.717, 1.165) is 43.3 Å². The van der Waals surface area contributed by atoms with Crippen LogP contribution >= 0.6 is 24.0 Å². The molecule has 0 aliphatic carbocycles. The number of nitrogens with one attached hydrogen (secondary N) is 2. The maximum absolute atomic E-state index is 10.4. The van der Waals surface area contributed by atoms with Gasteiger partial charge < -0.3 is 25.4 Å². The first kappa shape index (κ1) is 26.9. The van der Waals surface area contributed by atoms with E-state index >= 15 is 0 Å². The van der Waals surface area contributed by atoms with E-state index in [1.54, 1.807) is 0 Å². The Bertz CT molecular complexity index is 552. The SMILES string of the molecule is CCNC(=NCC(O)c1ccc(OC(C)C)cc1)NCCN(C)C(C)CC.I. The summed E-state index contributed by atoms with van der Waals surface area (Å²) in [6.45, 7) is 13.3. The van der Waals surface area contributed by atoms with Crippen LogP contribution in [-0.2, 0) is 0 Å². The highest BCUT2D eigenvalue weighted by Gasteiger charge is 2.09. The summed E-state index contributed by atoms with van der Waals surface area (Å²) < 4.78 is 5.63. The molecular weight excluding hydrogens is 467 g/mol. The van der Waals surface area contributed by atoms with Gasteiger partial charge in [0.25, 0.3) is 0 Å². The molecule has 0 spiro atoms. The molecule has 2 unspecified atom stereocenters. The van der Waals surface area contributed by atoms with Crippen molar-refractivity contribution >= 4 is 29.9 Å². The highest BCUT2D eigenvalue weighted by molar-refractivity contribution is 14.0. The van der Waals surface area contributed by atoms with Gasteiger partial charge in [0, 0.05) is 25.7 Å². The lowest BCUT2D eigenvalue weighted by Gasteiger charge is -2.24. The number of nitrogens with zero attached hydrogens (tertiary/aromatic N) is 2. The lowest BCUT2D eigenvalue weighted by atomic mass is 10.1. The number of aliphatic hydroxyl groups is 1. The summed E-state index contributed by atoms with van der Waals surface area (Å²) in [5, 5.41) is 17.0. The van der Waals surface area contributed by atoms with E-state index in [1.807, 2.05) is 45.0 Å². The molecule has 0 saturated carbocycles. The summed E-state index contributed by atoms with van der Waals surface area (Å²) in [4.78, 5) is 6.84. The van der Waals surface area contributed by atoms with Crippen molar-refractivity contribution in [3.63, 3.8) is 0 Å². The Balaban J connectivity index is 0.00000729. The minimum absolute atomic E-state index is 0. The standard InChI is InChI=1S/C21H38N4O2.HI/c1-7-17(5)25(6)14-13-23-21(22-8-2)24-15-20(26)18-9-11-19(12-10-18)27-16(3)4;/h9-12,16-17,20,26H,7-8,13-15H2,1-6H3,(H2,22,23,24);1H. The monoisotopic (exact) mass is 506 g/mol. The van der Waals surface area contributed by atoms with Crippen LogP contribution in [-0.4, -0.2) is 61.3 Å². The second-order valence-electron chi connectivity index (χ2n) is 7.14. The molecule has 0 aliphatic heterocycles. The molecule has 0 amide bonds. The predicted molar refractivity (Wildman–Crippen MR) is 129 cm³/mol. The van der Waals surface area contributed by atoms with E-state index in [9.17, 15) is 5.11 Å². The molecule has 0 radical (unpaired) electrons. The second-order valence-corrected chi connectivity index (χ2v) is 7.14. The van der Waals surface area contributed by atoms with E-state index in [2.05, 4.69) is 41.4 Å². The summed E-state index contributed by atoms with van der Waals surface area (Å²) in [5.74, 6) is 1.54. The fraction of sp³-hybridized carbons (Fsp3) is 0.667. The van der Waals surface area contributed by atoms with Gasteiger partial charge in [-0.15, -0.1) is 24.0 Å². The third-order valence-corrected chi connectivity index (χ3v) is 4.50.